The molecule has 10 heteroatoms. The molecule has 1 saturated carbocycles. The highest BCUT2D eigenvalue weighted by atomic mass is 16.5. The number of rotatable bonds is 10. The molecule has 1 N–H and O–H groups in total. The van der Waals surface area contributed by atoms with E-state index < -0.39 is 5.76 Å². The van der Waals surface area contributed by atoms with E-state index in [-0.39, 0.29) is 17.7 Å². The molecule has 3 heterocycles. The Morgan fingerprint density at radius 2 is 1.75 bits per heavy atom. The van der Waals surface area contributed by atoms with Crippen molar-refractivity contribution in [3.8, 4) is 22.5 Å². The standard InChI is InChI=1S/C34H40N6O4/c1-5-8-30-29(19-23-11-13-24(14-12-23)27-9-6-7-10-28(27)31-36-34(42)44-38-31)32(41)39(33-35-22(4)37-40(30)33)25-15-17-26(18-16-25)43-20-21(2)3/h6-7,9-14,21,25-26H,5,8,15-20H2,1-4H3,(H,36,38,42). The lowest BCUT2D eigenvalue weighted by Gasteiger charge is -2.31. The number of aryl methyl sites for hydroxylation is 2. The molecule has 0 aliphatic heterocycles. The van der Waals surface area contributed by atoms with Crippen LogP contribution < -0.4 is 11.3 Å². The number of aromatic amines is 1. The summed E-state index contributed by atoms with van der Waals surface area (Å²) in [6, 6.07) is 16.0. The number of nitrogens with zero attached hydrogens (tertiary/aromatic N) is 5. The van der Waals surface area contributed by atoms with Crippen LogP contribution in [0, 0.1) is 12.8 Å². The molecule has 10 nitrogen and oxygen atoms in total. The van der Waals surface area contributed by atoms with Crippen LogP contribution in [-0.4, -0.2) is 42.0 Å². The Kier molecular flexibility index (Phi) is 8.61. The van der Waals surface area contributed by atoms with Gasteiger partial charge >= 0.3 is 5.76 Å². The van der Waals surface area contributed by atoms with E-state index in [1.54, 1.807) is 0 Å². The smallest absolute Gasteiger partial charge is 0.378 e. The maximum absolute atomic E-state index is 14.4. The lowest BCUT2D eigenvalue weighted by atomic mass is 9.92. The van der Waals surface area contributed by atoms with Gasteiger partial charge in [0, 0.05) is 30.2 Å². The van der Waals surface area contributed by atoms with Crippen LogP contribution in [0.3, 0.4) is 0 Å². The maximum atomic E-state index is 14.4. The second-order valence-corrected chi connectivity index (χ2v) is 12.2. The Hall–Kier alpha value is -4.31. The molecule has 1 aliphatic rings. The number of benzene rings is 2. The first-order chi connectivity index (χ1) is 21.3. The SMILES string of the molecule is CCCc1c(Cc2ccc(-c3ccccc3-c3noc(=O)[nH]3)cc2)c(=O)n(C2CCC(OCC(C)C)CC2)c2nc(C)nn12. The van der Waals surface area contributed by atoms with Crippen molar-refractivity contribution in [1.29, 1.82) is 0 Å². The fourth-order valence-electron chi connectivity index (χ4n) is 6.32. The summed E-state index contributed by atoms with van der Waals surface area (Å²) in [5.74, 6) is 1.61. The first kappa shape index (κ1) is 29.7. The quantitative estimate of drug-likeness (QED) is 0.213. The van der Waals surface area contributed by atoms with Crippen LogP contribution in [0.4, 0.5) is 0 Å². The van der Waals surface area contributed by atoms with Gasteiger partial charge in [-0.2, -0.15) is 10.1 Å². The molecule has 0 spiro atoms. The lowest BCUT2D eigenvalue weighted by Crippen LogP contribution is -2.35. The molecule has 1 aliphatic carbocycles. The van der Waals surface area contributed by atoms with Crippen molar-refractivity contribution in [2.45, 2.75) is 84.8 Å². The normalized spacial score (nSPS) is 17.1. The fourth-order valence-corrected chi connectivity index (χ4v) is 6.32. The number of nitrogens with one attached hydrogen (secondary N) is 1. The van der Waals surface area contributed by atoms with Gasteiger partial charge in [-0.15, -0.1) is 0 Å². The summed E-state index contributed by atoms with van der Waals surface area (Å²) >= 11 is 0. The van der Waals surface area contributed by atoms with Crippen molar-refractivity contribution < 1.29 is 9.26 Å². The van der Waals surface area contributed by atoms with Crippen LogP contribution in [0.25, 0.3) is 28.3 Å². The summed E-state index contributed by atoms with van der Waals surface area (Å²) in [6.45, 7) is 9.12. The van der Waals surface area contributed by atoms with Gasteiger partial charge in [0.2, 0.25) is 5.78 Å². The van der Waals surface area contributed by atoms with Crippen LogP contribution in [0.2, 0.25) is 0 Å². The molecule has 44 heavy (non-hydrogen) atoms. The largest absolute Gasteiger partial charge is 0.439 e. The molecule has 1 fully saturated rings. The Bertz CT molecular complexity index is 1860. The van der Waals surface area contributed by atoms with Crippen LogP contribution in [0.15, 0.2) is 62.6 Å². The average molecular weight is 597 g/mol. The van der Waals surface area contributed by atoms with Gasteiger partial charge in [0.1, 0.15) is 5.82 Å². The van der Waals surface area contributed by atoms with Crippen LogP contribution in [-0.2, 0) is 17.6 Å². The molecule has 0 bridgehead atoms. The van der Waals surface area contributed by atoms with Gasteiger partial charge in [-0.05, 0) is 61.6 Å². The number of H-pyrrole nitrogens is 1. The molecule has 0 saturated heterocycles. The molecule has 0 amide bonds. The Morgan fingerprint density at radius 3 is 2.41 bits per heavy atom. The van der Waals surface area contributed by atoms with E-state index in [4.69, 9.17) is 19.3 Å². The Labute approximate surface area is 256 Å². The number of aromatic nitrogens is 6. The molecule has 0 radical (unpaired) electrons. The summed E-state index contributed by atoms with van der Waals surface area (Å²) < 4.78 is 14.7. The van der Waals surface area contributed by atoms with E-state index in [9.17, 15) is 9.59 Å². The van der Waals surface area contributed by atoms with E-state index in [1.807, 2.05) is 52.4 Å². The van der Waals surface area contributed by atoms with Crippen molar-refractivity contribution in [2.75, 3.05) is 6.61 Å². The minimum absolute atomic E-state index is 0.0318. The van der Waals surface area contributed by atoms with Crippen molar-refractivity contribution >= 4 is 5.78 Å². The molecule has 230 valence electrons. The van der Waals surface area contributed by atoms with Crippen molar-refractivity contribution in [2.24, 2.45) is 5.92 Å². The van der Waals surface area contributed by atoms with Crippen molar-refractivity contribution in [3.05, 3.63) is 92.1 Å². The zero-order chi connectivity index (χ0) is 30.8. The first-order valence-corrected chi connectivity index (χ1v) is 15.7. The highest BCUT2D eigenvalue weighted by Crippen LogP contribution is 2.32. The predicted molar refractivity (Wildman–Crippen MR) is 169 cm³/mol. The van der Waals surface area contributed by atoms with Crippen LogP contribution >= 0.6 is 0 Å². The van der Waals surface area contributed by atoms with Gasteiger partial charge in [-0.3, -0.25) is 18.9 Å². The number of fused-ring (bicyclic) bond motifs is 1. The van der Waals surface area contributed by atoms with Crippen molar-refractivity contribution in [1.82, 2.24) is 29.3 Å². The van der Waals surface area contributed by atoms with Gasteiger partial charge in [0.15, 0.2) is 5.82 Å². The van der Waals surface area contributed by atoms with E-state index in [2.05, 4.69) is 43.0 Å². The molecule has 2 aromatic carbocycles. The van der Waals surface area contributed by atoms with Crippen molar-refractivity contribution in [3.63, 3.8) is 0 Å². The third kappa shape index (κ3) is 6.04. The molecule has 0 unspecified atom stereocenters. The zero-order valence-corrected chi connectivity index (χ0v) is 25.9. The van der Waals surface area contributed by atoms with Gasteiger partial charge in [0.05, 0.1) is 11.8 Å². The molecule has 3 aromatic heterocycles. The van der Waals surface area contributed by atoms with E-state index in [1.165, 1.54) is 0 Å². The minimum Gasteiger partial charge on any atom is -0.378 e. The average Bonchev–Trinajstić information content (AvgIpc) is 3.63. The predicted octanol–water partition coefficient (Wildman–Crippen LogP) is 5.91. The molecular formula is C34H40N6O4. The summed E-state index contributed by atoms with van der Waals surface area (Å²) in [5, 5.41) is 8.65. The summed E-state index contributed by atoms with van der Waals surface area (Å²) in [6.07, 6.45) is 5.98. The van der Waals surface area contributed by atoms with E-state index >= 15 is 0 Å². The molecule has 0 atom stereocenters. The van der Waals surface area contributed by atoms with Gasteiger partial charge in [0.25, 0.3) is 5.56 Å². The van der Waals surface area contributed by atoms with E-state index in [0.29, 0.717) is 29.8 Å². The topological polar surface area (TPSA) is 120 Å². The Balaban J connectivity index is 1.34. The molecule has 5 aromatic rings. The Morgan fingerprint density at radius 1 is 1.02 bits per heavy atom. The van der Waals surface area contributed by atoms with Crippen LogP contribution in [0.1, 0.15) is 81.6 Å². The van der Waals surface area contributed by atoms with Gasteiger partial charge in [-0.25, -0.2) is 9.31 Å². The number of ether oxygens (including phenoxy) is 1. The lowest BCUT2D eigenvalue weighted by molar-refractivity contribution is 0.00573. The minimum atomic E-state index is -0.592. The first-order valence-electron chi connectivity index (χ1n) is 15.7. The van der Waals surface area contributed by atoms with Gasteiger partial charge < -0.3 is 4.74 Å². The molecular weight excluding hydrogens is 556 g/mol. The second-order valence-electron chi connectivity index (χ2n) is 12.2. The summed E-state index contributed by atoms with van der Waals surface area (Å²) in [5.41, 5.74) is 5.44. The van der Waals surface area contributed by atoms with Gasteiger partial charge in [-0.1, -0.05) is 80.9 Å². The second kappa shape index (κ2) is 12.7. The third-order valence-electron chi connectivity index (χ3n) is 8.42. The molecule has 6 rings (SSSR count). The number of hydrogen-bond acceptors (Lipinski definition) is 7. The van der Waals surface area contributed by atoms with E-state index in [0.717, 1.165) is 78.6 Å². The van der Waals surface area contributed by atoms with Crippen LogP contribution in [0.5, 0.6) is 0 Å². The monoisotopic (exact) mass is 596 g/mol. The fraction of sp³-hybridized carbons (Fsp3) is 0.441. The highest BCUT2D eigenvalue weighted by molar-refractivity contribution is 5.80. The zero-order valence-electron chi connectivity index (χ0n) is 25.9. The third-order valence-corrected chi connectivity index (χ3v) is 8.42. The number of hydrogen-bond donors (Lipinski definition) is 1. The highest BCUT2D eigenvalue weighted by Gasteiger charge is 2.28. The summed E-state index contributed by atoms with van der Waals surface area (Å²) in [7, 11) is 0. The maximum Gasteiger partial charge on any atom is 0.439 e. The summed E-state index contributed by atoms with van der Waals surface area (Å²) in [4.78, 5) is 33.4.